The Morgan fingerprint density at radius 2 is 1.38 bits per heavy atom. The zero-order valence-corrected chi connectivity index (χ0v) is 12.6. The predicted octanol–water partition coefficient (Wildman–Crippen LogP) is 1.07. The van der Waals surface area contributed by atoms with Crippen LogP contribution in [0.5, 0.6) is 0 Å². The van der Waals surface area contributed by atoms with Crippen molar-refractivity contribution >= 4 is 10.8 Å². The molecule has 0 spiro atoms. The second-order valence-electron chi connectivity index (χ2n) is 5.10. The second-order valence-corrected chi connectivity index (χ2v) is 5.10. The number of benzene rings is 2. The maximum Gasteiger partial charge on any atom is 0.0212 e. The molecular formula is C17H26N4. The summed E-state index contributed by atoms with van der Waals surface area (Å²) in [5.74, 6) is 0. The van der Waals surface area contributed by atoms with E-state index in [9.17, 15) is 0 Å². The van der Waals surface area contributed by atoms with E-state index in [1.807, 2.05) is 0 Å². The summed E-state index contributed by atoms with van der Waals surface area (Å²) in [6, 6.07) is 15.0. The maximum absolute atomic E-state index is 5.41. The summed E-state index contributed by atoms with van der Waals surface area (Å²) in [5.41, 5.74) is 6.77. The molecule has 0 heterocycles. The quantitative estimate of drug-likeness (QED) is 0.493. The highest BCUT2D eigenvalue weighted by Gasteiger charge is 1.99. The van der Waals surface area contributed by atoms with Crippen LogP contribution in [0.3, 0.4) is 0 Å². The van der Waals surface area contributed by atoms with Crippen molar-refractivity contribution < 1.29 is 0 Å². The number of hydrogen-bond donors (Lipinski definition) is 4. The van der Waals surface area contributed by atoms with Crippen LogP contribution in [0.15, 0.2) is 42.5 Å². The van der Waals surface area contributed by atoms with Gasteiger partial charge in [0.2, 0.25) is 0 Å². The van der Waals surface area contributed by atoms with Gasteiger partial charge in [-0.1, -0.05) is 42.5 Å². The fourth-order valence-electron chi connectivity index (χ4n) is 2.38. The van der Waals surface area contributed by atoms with Crippen molar-refractivity contribution in [3.8, 4) is 0 Å². The Bertz CT molecular complexity index is 522. The lowest BCUT2D eigenvalue weighted by atomic mass is 10.0. The molecule has 2 aromatic rings. The minimum Gasteiger partial charge on any atom is -0.329 e. The van der Waals surface area contributed by atoms with Gasteiger partial charge in [0.1, 0.15) is 0 Å². The molecule has 0 fully saturated rings. The summed E-state index contributed by atoms with van der Waals surface area (Å²) in [6.07, 6.45) is 0. The van der Waals surface area contributed by atoms with Crippen LogP contribution >= 0.6 is 0 Å². The number of rotatable bonds is 10. The van der Waals surface area contributed by atoms with E-state index in [4.69, 9.17) is 5.73 Å². The first-order chi connectivity index (χ1) is 10.4. The lowest BCUT2D eigenvalue weighted by Crippen LogP contribution is -2.34. The molecule has 0 aliphatic carbocycles. The van der Waals surface area contributed by atoms with Crippen LogP contribution in [0.1, 0.15) is 5.56 Å². The van der Waals surface area contributed by atoms with Crippen molar-refractivity contribution in [1.82, 2.24) is 16.0 Å². The van der Waals surface area contributed by atoms with Crippen molar-refractivity contribution in [3.05, 3.63) is 48.0 Å². The third-order valence-corrected chi connectivity index (χ3v) is 3.47. The van der Waals surface area contributed by atoms with Gasteiger partial charge in [-0.15, -0.1) is 0 Å². The fourth-order valence-corrected chi connectivity index (χ4v) is 2.38. The maximum atomic E-state index is 5.41. The molecule has 0 aliphatic rings. The van der Waals surface area contributed by atoms with E-state index in [0.29, 0.717) is 6.54 Å². The molecule has 5 N–H and O–H groups in total. The standard InChI is InChI=1S/C17H26N4/c18-8-9-19-10-11-20-12-13-21-14-16-6-3-5-15-4-1-2-7-17(15)16/h1-7,19-21H,8-14,18H2. The van der Waals surface area contributed by atoms with Crippen molar-refractivity contribution in [3.63, 3.8) is 0 Å². The van der Waals surface area contributed by atoms with Crippen LogP contribution in [-0.4, -0.2) is 39.3 Å². The second kappa shape index (κ2) is 9.47. The Morgan fingerprint density at radius 1 is 0.714 bits per heavy atom. The average molecular weight is 286 g/mol. The molecule has 2 rings (SSSR count). The van der Waals surface area contributed by atoms with E-state index in [-0.39, 0.29) is 0 Å². The molecule has 0 radical (unpaired) electrons. The summed E-state index contributed by atoms with van der Waals surface area (Å²) in [7, 11) is 0. The topological polar surface area (TPSA) is 62.1 Å². The van der Waals surface area contributed by atoms with Gasteiger partial charge in [-0.05, 0) is 16.3 Å². The van der Waals surface area contributed by atoms with Crippen molar-refractivity contribution in [2.75, 3.05) is 39.3 Å². The van der Waals surface area contributed by atoms with E-state index < -0.39 is 0 Å². The molecule has 0 atom stereocenters. The Balaban J connectivity index is 1.64. The lowest BCUT2D eigenvalue weighted by molar-refractivity contribution is 0.584. The van der Waals surface area contributed by atoms with Crippen molar-refractivity contribution in [2.24, 2.45) is 5.73 Å². The van der Waals surface area contributed by atoms with Gasteiger partial charge in [0, 0.05) is 45.8 Å². The SMILES string of the molecule is NCCNCCNCCNCc1cccc2ccccc12. The molecule has 21 heavy (non-hydrogen) atoms. The summed E-state index contributed by atoms with van der Waals surface area (Å²) in [5, 5.41) is 12.8. The van der Waals surface area contributed by atoms with E-state index in [1.54, 1.807) is 0 Å². The molecule has 0 aromatic heterocycles. The summed E-state index contributed by atoms with van der Waals surface area (Å²) >= 11 is 0. The van der Waals surface area contributed by atoms with Crippen LogP contribution in [0, 0.1) is 0 Å². The van der Waals surface area contributed by atoms with Gasteiger partial charge in [0.25, 0.3) is 0 Å². The van der Waals surface area contributed by atoms with E-state index in [2.05, 4.69) is 58.4 Å². The molecule has 0 bridgehead atoms. The monoisotopic (exact) mass is 286 g/mol. The van der Waals surface area contributed by atoms with Crippen molar-refractivity contribution in [2.45, 2.75) is 6.54 Å². The van der Waals surface area contributed by atoms with Gasteiger partial charge < -0.3 is 21.7 Å². The van der Waals surface area contributed by atoms with Gasteiger partial charge in [-0.3, -0.25) is 0 Å². The average Bonchev–Trinajstić information content (AvgIpc) is 2.53. The first kappa shape index (κ1) is 15.9. The number of hydrogen-bond acceptors (Lipinski definition) is 4. The largest absolute Gasteiger partial charge is 0.329 e. The molecule has 114 valence electrons. The first-order valence-electron chi connectivity index (χ1n) is 7.70. The minimum atomic E-state index is 0.701. The summed E-state index contributed by atoms with van der Waals surface area (Å²) in [4.78, 5) is 0. The van der Waals surface area contributed by atoms with Crippen LogP contribution in [-0.2, 0) is 6.54 Å². The fraction of sp³-hybridized carbons (Fsp3) is 0.412. The molecule has 0 saturated carbocycles. The normalized spacial score (nSPS) is 11.1. The molecule has 0 saturated heterocycles. The van der Waals surface area contributed by atoms with Crippen LogP contribution in [0.2, 0.25) is 0 Å². The van der Waals surface area contributed by atoms with Gasteiger partial charge in [0.15, 0.2) is 0 Å². The number of nitrogens with two attached hydrogens (primary N) is 1. The third kappa shape index (κ3) is 5.44. The van der Waals surface area contributed by atoms with Crippen LogP contribution in [0.25, 0.3) is 10.8 Å². The Labute approximate surface area is 127 Å². The summed E-state index contributed by atoms with van der Waals surface area (Å²) < 4.78 is 0. The molecule has 4 nitrogen and oxygen atoms in total. The summed E-state index contributed by atoms with van der Waals surface area (Å²) in [6.45, 7) is 6.41. The van der Waals surface area contributed by atoms with Gasteiger partial charge in [-0.25, -0.2) is 0 Å². The highest BCUT2D eigenvalue weighted by atomic mass is 15.0. The molecule has 0 unspecified atom stereocenters. The van der Waals surface area contributed by atoms with E-state index in [1.165, 1.54) is 16.3 Å². The van der Waals surface area contributed by atoms with Crippen LogP contribution < -0.4 is 21.7 Å². The minimum absolute atomic E-state index is 0.701. The zero-order chi connectivity index (χ0) is 14.8. The predicted molar refractivity (Wildman–Crippen MR) is 90.4 cm³/mol. The van der Waals surface area contributed by atoms with E-state index in [0.717, 1.165) is 39.3 Å². The highest BCUT2D eigenvalue weighted by molar-refractivity contribution is 5.85. The van der Waals surface area contributed by atoms with Crippen LogP contribution in [0.4, 0.5) is 0 Å². The van der Waals surface area contributed by atoms with Crippen molar-refractivity contribution in [1.29, 1.82) is 0 Å². The zero-order valence-electron chi connectivity index (χ0n) is 12.6. The first-order valence-corrected chi connectivity index (χ1v) is 7.70. The Hall–Kier alpha value is -1.46. The Kier molecular flexibility index (Phi) is 7.18. The van der Waals surface area contributed by atoms with E-state index >= 15 is 0 Å². The van der Waals surface area contributed by atoms with Gasteiger partial charge >= 0.3 is 0 Å². The molecular weight excluding hydrogens is 260 g/mol. The highest BCUT2D eigenvalue weighted by Crippen LogP contribution is 2.17. The van der Waals surface area contributed by atoms with Gasteiger partial charge in [0.05, 0.1) is 0 Å². The smallest absolute Gasteiger partial charge is 0.0212 e. The molecule has 2 aromatic carbocycles. The number of fused-ring (bicyclic) bond motifs is 1. The van der Waals surface area contributed by atoms with Gasteiger partial charge in [-0.2, -0.15) is 0 Å². The third-order valence-electron chi connectivity index (χ3n) is 3.47. The Morgan fingerprint density at radius 3 is 2.19 bits per heavy atom. The molecule has 0 aliphatic heterocycles. The molecule has 0 amide bonds. The lowest BCUT2D eigenvalue weighted by Gasteiger charge is -2.09. The molecule has 4 heteroatoms. The number of nitrogens with one attached hydrogen (secondary N) is 3.